The first-order valence-corrected chi connectivity index (χ1v) is 16.7. The van der Waals surface area contributed by atoms with Crippen LogP contribution in [0.3, 0.4) is 0 Å². The molecule has 45 heavy (non-hydrogen) atoms. The molecule has 2 unspecified atom stereocenters. The third kappa shape index (κ3) is 6.56. The molecule has 8 heteroatoms. The Morgan fingerprint density at radius 3 is 2.33 bits per heavy atom. The van der Waals surface area contributed by atoms with E-state index in [1.807, 2.05) is 67.4 Å². The van der Waals surface area contributed by atoms with Gasteiger partial charge < -0.3 is 24.6 Å². The van der Waals surface area contributed by atoms with Gasteiger partial charge in [-0.2, -0.15) is 0 Å². The van der Waals surface area contributed by atoms with E-state index in [1.165, 1.54) is 0 Å². The van der Waals surface area contributed by atoms with Gasteiger partial charge >= 0.3 is 0 Å². The molecule has 2 fully saturated rings. The molecule has 3 aromatic carbocycles. The quantitative estimate of drug-likeness (QED) is 0.247. The number of nitrogens with one attached hydrogen (secondary N) is 1. The van der Waals surface area contributed by atoms with Gasteiger partial charge in [-0.3, -0.25) is 9.59 Å². The van der Waals surface area contributed by atoms with Gasteiger partial charge in [0.15, 0.2) is 17.3 Å². The van der Waals surface area contributed by atoms with Crippen LogP contribution in [-0.4, -0.2) is 51.1 Å². The molecule has 3 aliphatic rings. The average molecular weight is 630 g/mol. The number of carbonyl (C=O) groups excluding carboxylic acids is 2. The fourth-order valence-electron chi connectivity index (χ4n) is 6.89. The van der Waals surface area contributed by atoms with Crippen LogP contribution in [-0.2, 0) is 16.0 Å². The lowest BCUT2D eigenvalue weighted by Crippen LogP contribution is -2.48. The van der Waals surface area contributed by atoms with Crippen molar-refractivity contribution in [2.75, 3.05) is 37.0 Å². The van der Waals surface area contributed by atoms with Crippen LogP contribution in [0.25, 0.3) is 0 Å². The number of carbonyl (C=O) groups is 2. The van der Waals surface area contributed by atoms with Crippen molar-refractivity contribution >= 4 is 34.7 Å². The molecule has 1 saturated heterocycles. The Morgan fingerprint density at radius 1 is 1.02 bits per heavy atom. The molecule has 6 rings (SSSR count). The molecule has 3 atom stereocenters. The lowest BCUT2D eigenvalue weighted by Gasteiger charge is -2.39. The number of likely N-dealkylation sites (N-methyl/N-ethyl adjacent to an activating group) is 1. The second kappa shape index (κ2) is 13.4. The number of nitrogens with zero attached hydrogens (tertiary/aromatic N) is 2. The third-order valence-corrected chi connectivity index (χ3v) is 9.98. The van der Waals surface area contributed by atoms with Crippen LogP contribution in [0, 0.1) is 11.8 Å². The molecule has 1 amide bonds. The van der Waals surface area contributed by atoms with Gasteiger partial charge in [0.2, 0.25) is 5.91 Å². The first kappa shape index (κ1) is 31.4. The Bertz CT molecular complexity index is 1520. The maximum Gasteiger partial charge on any atom is 0.232 e. The maximum absolute atomic E-state index is 14.0. The monoisotopic (exact) mass is 629 g/mol. The van der Waals surface area contributed by atoms with Crippen molar-refractivity contribution in [3.05, 3.63) is 82.4 Å². The summed E-state index contributed by atoms with van der Waals surface area (Å²) < 4.78 is 12.0. The van der Waals surface area contributed by atoms with E-state index in [1.54, 1.807) is 7.11 Å². The summed E-state index contributed by atoms with van der Waals surface area (Å²) in [4.78, 5) is 31.6. The van der Waals surface area contributed by atoms with Gasteiger partial charge in [-0.25, -0.2) is 0 Å². The molecule has 1 aliphatic carbocycles. The minimum absolute atomic E-state index is 0.00213. The van der Waals surface area contributed by atoms with Crippen LogP contribution in [0.5, 0.6) is 11.5 Å². The van der Waals surface area contributed by atoms with E-state index in [9.17, 15) is 9.59 Å². The van der Waals surface area contributed by atoms with E-state index < -0.39 is 0 Å². The molecular weight excluding hydrogens is 586 g/mol. The van der Waals surface area contributed by atoms with Crippen molar-refractivity contribution in [1.29, 1.82) is 0 Å². The van der Waals surface area contributed by atoms with E-state index >= 15 is 0 Å². The van der Waals surface area contributed by atoms with E-state index in [-0.39, 0.29) is 36.4 Å². The summed E-state index contributed by atoms with van der Waals surface area (Å²) in [5, 5.41) is 4.08. The lowest BCUT2D eigenvalue weighted by molar-refractivity contribution is -0.123. The topological polar surface area (TPSA) is 71.1 Å². The Balaban J connectivity index is 1.37. The molecule has 0 bridgehead atoms. The molecule has 1 saturated carbocycles. The summed E-state index contributed by atoms with van der Waals surface area (Å²) in [6.45, 7) is 6.03. The van der Waals surface area contributed by atoms with E-state index in [0.29, 0.717) is 28.2 Å². The van der Waals surface area contributed by atoms with Gasteiger partial charge in [0.25, 0.3) is 0 Å². The summed E-state index contributed by atoms with van der Waals surface area (Å²) in [6.07, 6.45) is 5.14. The van der Waals surface area contributed by atoms with E-state index in [0.717, 1.165) is 73.3 Å². The second-order valence-corrected chi connectivity index (χ2v) is 13.2. The molecular formula is C37H44ClN3O4. The van der Waals surface area contributed by atoms with Gasteiger partial charge in [-0.05, 0) is 123 Å². The summed E-state index contributed by atoms with van der Waals surface area (Å²) in [7, 11) is 3.68. The van der Waals surface area contributed by atoms with Gasteiger partial charge in [0, 0.05) is 29.4 Å². The number of hydrogen-bond donors (Lipinski definition) is 1. The molecule has 238 valence electrons. The molecule has 1 N–H and O–H groups in total. The van der Waals surface area contributed by atoms with Crippen LogP contribution in [0.15, 0.2) is 60.7 Å². The van der Waals surface area contributed by atoms with Crippen molar-refractivity contribution < 1.29 is 19.1 Å². The number of amides is 1. The Hall–Kier alpha value is -3.55. The summed E-state index contributed by atoms with van der Waals surface area (Å²) in [5.41, 5.74) is 4.66. The first-order chi connectivity index (χ1) is 21.8. The average Bonchev–Trinajstić information content (AvgIpc) is 3.91. The van der Waals surface area contributed by atoms with Gasteiger partial charge in [0.05, 0.1) is 31.7 Å². The van der Waals surface area contributed by atoms with Crippen molar-refractivity contribution in [3.63, 3.8) is 0 Å². The fourth-order valence-corrected chi connectivity index (χ4v) is 7.02. The van der Waals surface area contributed by atoms with Gasteiger partial charge in [-0.1, -0.05) is 30.7 Å². The van der Waals surface area contributed by atoms with Crippen LogP contribution >= 0.6 is 11.6 Å². The molecule has 0 spiro atoms. The Morgan fingerprint density at radius 2 is 1.71 bits per heavy atom. The molecule has 2 heterocycles. The van der Waals surface area contributed by atoms with Gasteiger partial charge in [0.1, 0.15) is 0 Å². The zero-order valence-corrected chi connectivity index (χ0v) is 27.5. The van der Waals surface area contributed by atoms with Crippen LogP contribution < -0.4 is 24.6 Å². The molecule has 7 nitrogen and oxygen atoms in total. The third-order valence-electron chi connectivity index (χ3n) is 9.73. The van der Waals surface area contributed by atoms with Crippen molar-refractivity contribution in [3.8, 4) is 11.5 Å². The van der Waals surface area contributed by atoms with E-state index in [4.69, 9.17) is 21.1 Å². The zero-order valence-electron chi connectivity index (χ0n) is 26.7. The number of rotatable bonds is 11. The Kier molecular flexibility index (Phi) is 9.39. The molecule has 0 radical (unpaired) electrons. The predicted molar refractivity (Wildman–Crippen MR) is 180 cm³/mol. The Labute approximate surface area is 271 Å². The van der Waals surface area contributed by atoms with Crippen LogP contribution in [0.4, 0.5) is 11.4 Å². The minimum atomic E-state index is -0.383. The van der Waals surface area contributed by atoms with Crippen molar-refractivity contribution in [2.24, 2.45) is 11.8 Å². The van der Waals surface area contributed by atoms with Crippen LogP contribution in [0.1, 0.15) is 68.7 Å². The number of piperidine rings is 1. The summed E-state index contributed by atoms with van der Waals surface area (Å²) in [5.74, 6) is 2.21. The number of ether oxygens (including phenoxy) is 2. The number of benzene rings is 3. The first-order valence-electron chi connectivity index (χ1n) is 16.3. The standard InChI is InChI=1S/C37H44ClN3O4/c1-5-23(2)45-33-22-31-27(20-32(33)44-4)21-34(42)41(35(31)24-8-10-28(38)11-9-24)30-14-12-29(13-15-30)40(3)36(37(43)26-6-7-26)25-16-18-39-19-17-25/h8-15,20,22-23,25-26,35-36,39H,5-7,16-19,21H2,1-4H3/t23-,35?,36?/m1/s1. The van der Waals surface area contributed by atoms with Crippen LogP contribution in [0.2, 0.25) is 5.02 Å². The maximum atomic E-state index is 14.0. The highest BCUT2D eigenvalue weighted by atomic mass is 35.5. The van der Waals surface area contributed by atoms with Gasteiger partial charge in [-0.15, -0.1) is 0 Å². The highest BCUT2D eigenvalue weighted by Gasteiger charge is 2.41. The molecule has 0 aromatic heterocycles. The summed E-state index contributed by atoms with van der Waals surface area (Å²) in [6, 6.07) is 19.3. The smallest absolute Gasteiger partial charge is 0.232 e. The normalized spacial score (nSPS) is 19.9. The molecule has 2 aliphatic heterocycles. The SMILES string of the molecule is CC[C@@H](C)Oc1cc2c(cc1OC)CC(=O)N(c1ccc(N(C)C(C(=O)C3CC3)C3CCNCC3)cc1)C2c1ccc(Cl)cc1. The lowest BCUT2D eigenvalue weighted by atomic mass is 9.85. The molecule has 3 aromatic rings. The number of Topliss-reactive ketones (excluding diaryl/α,β-unsaturated/α-hetero) is 1. The highest BCUT2D eigenvalue weighted by Crippen LogP contribution is 2.44. The fraction of sp³-hybridized carbons (Fsp3) is 0.459. The number of fused-ring (bicyclic) bond motifs is 1. The number of ketones is 1. The minimum Gasteiger partial charge on any atom is -0.493 e. The number of anilines is 2. The van der Waals surface area contributed by atoms with Crippen molar-refractivity contribution in [2.45, 2.75) is 70.6 Å². The van der Waals surface area contributed by atoms with Crippen molar-refractivity contribution in [1.82, 2.24) is 5.32 Å². The highest BCUT2D eigenvalue weighted by molar-refractivity contribution is 6.30. The zero-order chi connectivity index (χ0) is 31.7. The number of methoxy groups -OCH3 is 1. The number of hydrogen-bond acceptors (Lipinski definition) is 6. The largest absolute Gasteiger partial charge is 0.493 e. The number of halogens is 1. The van der Waals surface area contributed by atoms with E-state index in [2.05, 4.69) is 29.3 Å². The second-order valence-electron chi connectivity index (χ2n) is 12.8. The summed E-state index contributed by atoms with van der Waals surface area (Å²) >= 11 is 6.30. The predicted octanol–water partition coefficient (Wildman–Crippen LogP) is 6.99.